The lowest BCUT2D eigenvalue weighted by Gasteiger charge is -2.35. The molecule has 0 aliphatic rings. The van der Waals surface area contributed by atoms with E-state index < -0.39 is 0 Å². The number of phenolic OH excluding ortho intramolecular Hbond substituents is 1. The molecule has 0 atom stereocenters. The Morgan fingerprint density at radius 1 is 0.862 bits per heavy atom. The number of rotatable bonds is 17. The Bertz CT molecular complexity index is 534. The number of carbonyl (C=O) groups excluding carboxylic acids is 1. The second-order valence-electron chi connectivity index (χ2n) is 7.33. The summed E-state index contributed by atoms with van der Waals surface area (Å²) < 4.78 is 17.4. The van der Waals surface area contributed by atoms with Crippen LogP contribution in [0.3, 0.4) is 0 Å². The number of unbranched alkanes of at least 4 members (excludes halogenated alkanes) is 1. The number of quaternary nitrogens is 1. The van der Waals surface area contributed by atoms with E-state index in [4.69, 9.17) is 14.2 Å². The number of esters is 1. The minimum Gasteiger partial charge on any atom is -0.508 e. The van der Waals surface area contributed by atoms with Gasteiger partial charge in [0.15, 0.2) is 0 Å². The van der Waals surface area contributed by atoms with Crippen molar-refractivity contribution < 1.29 is 28.6 Å². The lowest BCUT2D eigenvalue weighted by atomic mass is 10.1. The minimum absolute atomic E-state index is 0.177. The van der Waals surface area contributed by atoms with Crippen molar-refractivity contribution in [2.24, 2.45) is 0 Å². The van der Waals surface area contributed by atoms with E-state index in [1.807, 2.05) is 12.1 Å². The number of hydrogen-bond acceptors (Lipinski definition) is 5. The molecule has 0 saturated heterocycles. The van der Waals surface area contributed by atoms with Crippen LogP contribution in [0.1, 0.15) is 45.6 Å². The van der Waals surface area contributed by atoms with E-state index in [1.165, 1.54) is 0 Å². The monoisotopic (exact) mass is 410 g/mol. The van der Waals surface area contributed by atoms with E-state index in [2.05, 4.69) is 20.8 Å². The lowest BCUT2D eigenvalue weighted by molar-refractivity contribution is -0.923. The molecule has 0 spiro atoms. The Balaban J connectivity index is 1.93. The van der Waals surface area contributed by atoms with Crippen molar-refractivity contribution in [3.63, 3.8) is 0 Å². The van der Waals surface area contributed by atoms with E-state index in [9.17, 15) is 9.90 Å². The Morgan fingerprint density at radius 2 is 1.45 bits per heavy atom. The van der Waals surface area contributed by atoms with Crippen LogP contribution in [0.25, 0.3) is 0 Å². The van der Waals surface area contributed by atoms with Gasteiger partial charge < -0.3 is 23.8 Å². The average molecular weight is 411 g/mol. The van der Waals surface area contributed by atoms with Gasteiger partial charge in [-0.05, 0) is 57.7 Å². The van der Waals surface area contributed by atoms with Gasteiger partial charge in [0.1, 0.15) is 18.9 Å². The summed E-state index contributed by atoms with van der Waals surface area (Å²) in [6.07, 6.45) is 3.03. The van der Waals surface area contributed by atoms with Crippen molar-refractivity contribution >= 4 is 5.97 Å². The molecule has 29 heavy (non-hydrogen) atoms. The van der Waals surface area contributed by atoms with Crippen LogP contribution in [-0.2, 0) is 25.4 Å². The number of aryl methyl sites for hydroxylation is 1. The van der Waals surface area contributed by atoms with Crippen LogP contribution in [0.5, 0.6) is 5.75 Å². The molecule has 1 aromatic rings. The molecule has 1 aromatic carbocycles. The molecule has 0 heterocycles. The molecule has 0 aromatic heterocycles. The molecule has 0 bridgehead atoms. The van der Waals surface area contributed by atoms with Crippen molar-refractivity contribution in [1.29, 1.82) is 0 Å². The molecule has 166 valence electrons. The summed E-state index contributed by atoms with van der Waals surface area (Å²) in [4.78, 5) is 11.7. The first-order valence-electron chi connectivity index (χ1n) is 11.0. The van der Waals surface area contributed by atoms with Crippen LogP contribution in [0.4, 0.5) is 0 Å². The van der Waals surface area contributed by atoms with E-state index >= 15 is 0 Å². The van der Waals surface area contributed by atoms with Gasteiger partial charge in [-0.25, -0.2) is 0 Å². The standard InChI is InChI=1S/C23H39NO5/c1-4-24(5-2,6-3)15-16-27-17-18-28-19-20-29-23(26)10-8-7-9-21-11-13-22(25)14-12-21/h11-14H,4-10,15-20H2,1-3H3/p+1. The predicted molar refractivity (Wildman–Crippen MR) is 115 cm³/mol. The van der Waals surface area contributed by atoms with E-state index in [1.54, 1.807) is 12.1 Å². The third-order valence-electron chi connectivity index (χ3n) is 5.62. The number of carbonyl (C=O) groups is 1. The highest BCUT2D eigenvalue weighted by molar-refractivity contribution is 5.69. The van der Waals surface area contributed by atoms with Gasteiger partial charge in [-0.15, -0.1) is 0 Å². The van der Waals surface area contributed by atoms with Gasteiger partial charge in [0, 0.05) is 6.42 Å². The summed E-state index contributed by atoms with van der Waals surface area (Å²) >= 11 is 0. The van der Waals surface area contributed by atoms with E-state index in [-0.39, 0.29) is 18.3 Å². The average Bonchev–Trinajstić information content (AvgIpc) is 2.74. The molecule has 0 radical (unpaired) electrons. The quantitative estimate of drug-likeness (QED) is 0.242. The second kappa shape index (κ2) is 15.2. The predicted octanol–water partition coefficient (Wildman–Crippen LogP) is 3.56. The highest BCUT2D eigenvalue weighted by Crippen LogP contribution is 2.12. The Morgan fingerprint density at radius 3 is 2.07 bits per heavy atom. The summed E-state index contributed by atoms with van der Waals surface area (Å²) in [6.45, 7) is 13.7. The zero-order valence-electron chi connectivity index (χ0n) is 18.5. The van der Waals surface area contributed by atoms with Gasteiger partial charge in [-0.3, -0.25) is 4.79 Å². The van der Waals surface area contributed by atoms with Crippen molar-refractivity contribution in [2.45, 2.75) is 46.5 Å². The van der Waals surface area contributed by atoms with Gasteiger partial charge in [0.25, 0.3) is 0 Å². The molecule has 0 saturated carbocycles. The number of phenols is 1. The number of aromatic hydroxyl groups is 1. The highest BCUT2D eigenvalue weighted by atomic mass is 16.6. The van der Waals surface area contributed by atoms with Crippen molar-refractivity contribution in [2.75, 3.05) is 59.2 Å². The molecule has 0 fully saturated rings. The zero-order valence-corrected chi connectivity index (χ0v) is 18.5. The molecular formula is C23H40NO5+. The highest BCUT2D eigenvalue weighted by Gasteiger charge is 2.19. The van der Waals surface area contributed by atoms with Crippen LogP contribution in [0.15, 0.2) is 24.3 Å². The summed E-state index contributed by atoms with van der Waals surface area (Å²) in [6, 6.07) is 7.18. The number of nitrogens with zero attached hydrogens (tertiary/aromatic N) is 1. The topological polar surface area (TPSA) is 65.0 Å². The van der Waals surface area contributed by atoms with Gasteiger partial charge in [-0.2, -0.15) is 0 Å². The molecule has 0 aliphatic heterocycles. The SMILES string of the molecule is CC[N+](CC)(CC)CCOCCOCCOC(=O)CCCCc1ccc(O)cc1. The number of hydrogen-bond donors (Lipinski definition) is 1. The fourth-order valence-corrected chi connectivity index (χ4v) is 3.27. The van der Waals surface area contributed by atoms with Gasteiger partial charge >= 0.3 is 5.97 Å². The van der Waals surface area contributed by atoms with Crippen LogP contribution in [0, 0.1) is 0 Å². The van der Waals surface area contributed by atoms with Gasteiger partial charge in [-0.1, -0.05) is 12.1 Å². The number of ether oxygens (including phenoxy) is 3. The third kappa shape index (κ3) is 11.2. The van der Waals surface area contributed by atoms with Crippen LogP contribution >= 0.6 is 0 Å². The van der Waals surface area contributed by atoms with Crippen LogP contribution in [0.2, 0.25) is 0 Å². The van der Waals surface area contributed by atoms with Gasteiger partial charge in [0.05, 0.1) is 46.1 Å². The minimum atomic E-state index is -0.177. The Hall–Kier alpha value is -1.63. The van der Waals surface area contributed by atoms with E-state index in [0.29, 0.717) is 26.2 Å². The first kappa shape index (κ1) is 25.4. The molecule has 0 unspecified atom stereocenters. The maximum atomic E-state index is 11.7. The second-order valence-corrected chi connectivity index (χ2v) is 7.33. The van der Waals surface area contributed by atoms with Crippen molar-refractivity contribution in [3.05, 3.63) is 29.8 Å². The summed E-state index contributed by atoms with van der Waals surface area (Å²) in [5.41, 5.74) is 1.16. The first-order valence-corrected chi connectivity index (χ1v) is 11.0. The van der Waals surface area contributed by atoms with Crippen LogP contribution < -0.4 is 0 Å². The van der Waals surface area contributed by atoms with Crippen molar-refractivity contribution in [3.8, 4) is 5.75 Å². The molecule has 6 nitrogen and oxygen atoms in total. The number of likely N-dealkylation sites (N-methyl/N-ethyl adjacent to an activating group) is 1. The zero-order chi connectivity index (χ0) is 21.4. The molecular weight excluding hydrogens is 370 g/mol. The van der Waals surface area contributed by atoms with Crippen LogP contribution in [-0.4, -0.2) is 74.8 Å². The molecule has 6 heteroatoms. The first-order chi connectivity index (χ1) is 14.0. The number of benzene rings is 1. The third-order valence-corrected chi connectivity index (χ3v) is 5.62. The molecule has 0 aliphatic carbocycles. The lowest BCUT2D eigenvalue weighted by Crippen LogP contribution is -2.49. The molecule has 1 N–H and O–H groups in total. The fourth-order valence-electron chi connectivity index (χ4n) is 3.27. The van der Waals surface area contributed by atoms with E-state index in [0.717, 1.165) is 62.1 Å². The van der Waals surface area contributed by atoms with Crippen molar-refractivity contribution in [1.82, 2.24) is 0 Å². The van der Waals surface area contributed by atoms with Gasteiger partial charge in [0.2, 0.25) is 0 Å². The smallest absolute Gasteiger partial charge is 0.305 e. The summed E-state index contributed by atoms with van der Waals surface area (Å²) in [7, 11) is 0. The summed E-state index contributed by atoms with van der Waals surface area (Å²) in [5.74, 6) is 0.0974. The summed E-state index contributed by atoms with van der Waals surface area (Å²) in [5, 5.41) is 9.25. The maximum Gasteiger partial charge on any atom is 0.305 e. The maximum absolute atomic E-state index is 11.7. The Labute approximate surface area is 176 Å². The normalized spacial score (nSPS) is 11.6. The Kier molecular flexibility index (Phi) is 13.4. The molecule has 0 amide bonds. The largest absolute Gasteiger partial charge is 0.508 e. The fraction of sp³-hybridized carbons (Fsp3) is 0.696. The molecule has 1 rings (SSSR count).